The van der Waals surface area contributed by atoms with Crippen molar-refractivity contribution in [2.45, 2.75) is 58.6 Å². The molecule has 11 nitrogen and oxygen atoms in total. The first-order valence-electron chi connectivity index (χ1n) is 19.9. The quantitative estimate of drug-likeness (QED) is 0.137. The van der Waals surface area contributed by atoms with E-state index in [1.807, 2.05) is 56.4 Å². The molecule has 57 heavy (non-hydrogen) atoms. The number of rotatable bonds is 13. The summed E-state index contributed by atoms with van der Waals surface area (Å²) in [5, 5.41) is 2.90. The summed E-state index contributed by atoms with van der Waals surface area (Å²) in [7, 11) is 0. The first-order valence-corrected chi connectivity index (χ1v) is 19.9. The second kappa shape index (κ2) is 18.2. The Balaban J connectivity index is 0.795. The van der Waals surface area contributed by atoms with Crippen LogP contribution in [0.25, 0.3) is 22.2 Å². The van der Waals surface area contributed by atoms with Gasteiger partial charge in [0.15, 0.2) is 0 Å². The number of aromatic nitrogens is 3. The third-order valence-electron chi connectivity index (χ3n) is 10.9. The lowest BCUT2D eigenvalue weighted by atomic mass is 9.99. The molecule has 0 unspecified atom stereocenters. The third-order valence-corrected chi connectivity index (χ3v) is 10.9. The van der Waals surface area contributed by atoms with Crippen molar-refractivity contribution >= 4 is 28.5 Å². The summed E-state index contributed by atoms with van der Waals surface area (Å²) in [6, 6.07) is 17.5. The number of benzene rings is 2. The number of likely N-dealkylation sites (tertiary alicyclic amines) is 1. The lowest BCUT2D eigenvalue weighted by Crippen LogP contribution is -2.46. The van der Waals surface area contributed by atoms with Crippen LogP contribution in [-0.2, 0) is 24.1 Å². The second-order valence-corrected chi connectivity index (χ2v) is 14.8. The van der Waals surface area contributed by atoms with Gasteiger partial charge in [0.05, 0.1) is 29.0 Å². The molecule has 7 rings (SSSR count). The summed E-state index contributed by atoms with van der Waals surface area (Å²) in [4.78, 5) is 56.2. The van der Waals surface area contributed by atoms with Crippen LogP contribution in [0.2, 0.25) is 0 Å². The van der Waals surface area contributed by atoms with E-state index in [1.165, 1.54) is 17.0 Å². The molecule has 5 aromatic rings. The van der Waals surface area contributed by atoms with E-state index >= 15 is 8.78 Å². The number of anilines is 1. The van der Waals surface area contributed by atoms with Crippen molar-refractivity contribution in [3.05, 3.63) is 123 Å². The number of hydrogen-bond donors (Lipinski definition) is 2. The van der Waals surface area contributed by atoms with Crippen LogP contribution in [0.15, 0.2) is 77.9 Å². The van der Waals surface area contributed by atoms with E-state index in [0.29, 0.717) is 68.7 Å². The molecule has 2 aromatic carbocycles. The summed E-state index contributed by atoms with van der Waals surface area (Å²) >= 11 is 0. The van der Waals surface area contributed by atoms with Gasteiger partial charge in [0, 0.05) is 70.7 Å². The highest BCUT2D eigenvalue weighted by Crippen LogP contribution is 2.27. The normalized spacial score (nSPS) is 15.3. The second-order valence-electron chi connectivity index (χ2n) is 14.8. The lowest BCUT2D eigenvalue weighted by Gasteiger charge is -2.36. The van der Waals surface area contributed by atoms with E-state index in [2.05, 4.69) is 30.1 Å². The maximum atomic E-state index is 15.1. The number of carbonyl (C=O) groups is 2. The number of halogens is 2. The van der Waals surface area contributed by atoms with Crippen molar-refractivity contribution in [3.8, 4) is 11.1 Å². The molecule has 5 heterocycles. The van der Waals surface area contributed by atoms with Crippen molar-refractivity contribution < 1.29 is 23.1 Å². The molecular formula is C44H49F2N7O4. The number of amides is 2. The third kappa shape index (κ3) is 9.54. The highest BCUT2D eigenvalue weighted by molar-refractivity contribution is 5.95. The topological polar surface area (TPSA) is 124 Å². The molecule has 0 radical (unpaired) electrons. The van der Waals surface area contributed by atoms with Crippen molar-refractivity contribution in [2.75, 3.05) is 57.3 Å². The standard InChI is InChI=1S/C44H49F2N7O4/c1-3-29-7-5-8-32(21-29)33-23-36(45)41(37(46)24-33)44(56)53-14-11-35(12-15-53)57-20-6-13-47-43(55)38-10-9-34(27-49-38)52-18-16-51(17-19-52)28-30-22-40-39(48-26-30)25-31(4-2)42(54)50-40/h5,7-10,21-27,35H,3-4,6,11-20,28H2,1-2H3,(H,47,55)(H,50,54). The molecule has 2 amide bonds. The Morgan fingerprint density at radius 1 is 0.860 bits per heavy atom. The van der Waals surface area contributed by atoms with E-state index in [1.54, 1.807) is 18.3 Å². The van der Waals surface area contributed by atoms with Gasteiger partial charge in [-0.15, -0.1) is 0 Å². The maximum Gasteiger partial charge on any atom is 0.269 e. The summed E-state index contributed by atoms with van der Waals surface area (Å²) < 4.78 is 36.3. The van der Waals surface area contributed by atoms with Crippen LogP contribution in [0.4, 0.5) is 14.5 Å². The SMILES string of the molecule is CCc1cccc(-c2cc(F)c(C(=O)N3CCC(OCCCNC(=O)c4ccc(N5CCN(Cc6cnc7cc(CC)c(=O)[nH]c7c6)CC5)cn4)CC3)c(F)c2)c1. The van der Waals surface area contributed by atoms with Gasteiger partial charge in [0.1, 0.15) is 22.9 Å². The Kier molecular flexibility index (Phi) is 12.6. The van der Waals surface area contributed by atoms with Crippen LogP contribution >= 0.6 is 0 Å². The number of aryl methyl sites for hydroxylation is 2. The molecule has 2 saturated heterocycles. The molecule has 0 atom stereocenters. The molecule has 13 heteroatoms. The first-order chi connectivity index (χ1) is 27.7. The van der Waals surface area contributed by atoms with E-state index in [9.17, 15) is 14.4 Å². The number of H-pyrrole nitrogens is 1. The fraction of sp³-hybridized carbons (Fsp3) is 0.386. The minimum Gasteiger partial charge on any atom is -0.378 e. The molecule has 2 N–H and O–H groups in total. The fourth-order valence-corrected chi connectivity index (χ4v) is 7.56. The zero-order valence-electron chi connectivity index (χ0n) is 32.5. The predicted molar refractivity (Wildman–Crippen MR) is 216 cm³/mol. The van der Waals surface area contributed by atoms with Gasteiger partial charge in [-0.3, -0.25) is 24.3 Å². The summed E-state index contributed by atoms with van der Waals surface area (Å²) in [5.74, 6) is -2.63. The molecule has 0 aliphatic carbocycles. The minimum atomic E-state index is -0.864. The van der Waals surface area contributed by atoms with E-state index in [0.717, 1.165) is 72.6 Å². The van der Waals surface area contributed by atoms with Crippen molar-refractivity contribution in [1.82, 2.24) is 30.1 Å². The molecule has 2 fully saturated rings. The van der Waals surface area contributed by atoms with Crippen LogP contribution < -0.4 is 15.8 Å². The molecule has 2 aliphatic rings. The molecule has 2 aliphatic heterocycles. The molecule has 0 spiro atoms. The van der Waals surface area contributed by atoms with Gasteiger partial charge in [-0.1, -0.05) is 38.1 Å². The van der Waals surface area contributed by atoms with Crippen LogP contribution in [0, 0.1) is 11.6 Å². The zero-order valence-corrected chi connectivity index (χ0v) is 32.5. The van der Waals surface area contributed by atoms with Gasteiger partial charge in [-0.05, 0) is 90.8 Å². The molecule has 0 saturated carbocycles. The number of hydrogen-bond acceptors (Lipinski definition) is 8. The highest BCUT2D eigenvalue weighted by atomic mass is 19.1. The predicted octanol–water partition coefficient (Wildman–Crippen LogP) is 6.15. The number of pyridine rings is 3. The lowest BCUT2D eigenvalue weighted by molar-refractivity contribution is 0.00779. The van der Waals surface area contributed by atoms with Crippen LogP contribution in [0.3, 0.4) is 0 Å². The highest BCUT2D eigenvalue weighted by Gasteiger charge is 2.28. The average Bonchev–Trinajstić information content (AvgIpc) is 3.23. The molecule has 0 bridgehead atoms. The Hall–Kier alpha value is -5.53. The number of piperidine rings is 1. The number of fused-ring (bicyclic) bond motifs is 1. The number of ether oxygens (including phenoxy) is 1. The Bertz CT molecular complexity index is 2240. The maximum absolute atomic E-state index is 15.1. The summed E-state index contributed by atoms with van der Waals surface area (Å²) in [6.07, 6.45) is 6.72. The zero-order chi connectivity index (χ0) is 39.9. The van der Waals surface area contributed by atoms with Crippen molar-refractivity contribution in [3.63, 3.8) is 0 Å². The van der Waals surface area contributed by atoms with Gasteiger partial charge < -0.3 is 24.8 Å². The van der Waals surface area contributed by atoms with Gasteiger partial charge in [-0.2, -0.15) is 0 Å². The van der Waals surface area contributed by atoms with E-state index in [4.69, 9.17) is 4.74 Å². The first kappa shape index (κ1) is 39.7. The molecule has 3 aromatic heterocycles. The van der Waals surface area contributed by atoms with Gasteiger partial charge >= 0.3 is 0 Å². The number of piperazine rings is 1. The molecule has 298 valence electrons. The Morgan fingerprint density at radius 3 is 2.33 bits per heavy atom. The summed E-state index contributed by atoms with van der Waals surface area (Å²) in [6.45, 7) is 9.59. The van der Waals surface area contributed by atoms with E-state index in [-0.39, 0.29) is 17.6 Å². The van der Waals surface area contributed by atoms with Crippen molar-refractivity contribution in [2.24, 2.45) is 0 Å². The summed E-state index contributed by atoms with van der Waals surface area (Å²) in [5.41, 5.74) is 6.23. The van der Waals surface area contributed by atoms with Crippen molar-refractivity contribution in [1.29, 1.82) is 0 Å². The van der Waals surface area contributed by atoms with Crippen LogP contribution in [0.1, 0.15) is 70.6 Å². The van der Waals surface area contributed by atoms with Gasteiger partial charge in [-0.25, -0.2) is 13.8 Å². The Labute approximate surface area is 331 Å². The minimum absolute atomic E-state index is 0.0604. The number of nitrogens with one attached hydrogen (secondary N) is 2. The number of nitrogens with zero attached hydrogens (tertiary/aromatic N) is 5. The largest absolute Gasteiger partial charge is 0.378 e. The Morgan fingerprint density at radius 2 is 1.63 bits per heavy atom. The van der Waals surface area contributed by atoms with E-state index < -0.39 is 23.1 Å². The van der Waals surface area contributed by atoms with Crippen LogP contribution in [0.5, 0.6) is 0 Å². The van der Waals surface area contributed by atoms with Crippen LogP contribution in [-0.4, -0.2) is 95.1 Å². The van der Waals surface area contributed by atoms with Gasteiger partial charge in [0.2, 0.25) is 0 Å². The fourth-order valence-electron chi connectivity index (χ4n) is 7.56. The monoisotopic (exact) mass is 777 g/mol. The number of carbonyl (C=O) groups excluding carboxylic acids is 2. The molecular weight excluding hydrogens is 729 g/mol. The number of aromatic amines is 1. The average molecular weight is 778 g/mol. The van der Waals surface area contributed by atoms with Gasteiger partial charge in [0.25, 0.3) is 17.4 Å². The smallest absolute Gasteiger partial charge is 0.269 e.